The van der Waals surface area contributed by atoms with Crippen LogP contribution in [0.15, 0.2) is 0 Å². The number of hydrogen-bond donors (Lipinski definition) is 0. The Bertz CT molecular complexity index is 978. The van der Waals surface area contributed by atoms with Crippen LogP contribution in [0.3, 0.4) is 0 Å². The number of esters is 4. The van der Waals surface area contributed by atoms with E-state index in [9.17, 15) is 19.2 Å². The van der Waals surface area contributed by atoms with Crippen LogP contribution in [-0.2, 0) is 42.9 Å². The van der Waals surface area contributed by atoms with E-state index in [4.69, 9.17) is 14.2 Å². The van der Waals surface area contributed by atoms with E-state index in [-0.39, 0.29) is 45.7 Å². The van der Waals surface area contributed by atoms with Crippen molar-refractivity contribution in [3.05, 3.63) is 0 Å². The molecule has 3 aliphatic carbocycles. The van der Waals surface area contributed by atoms with Crippen molar-refractivity contribution in [2.75, 3.05) is 34.5 Å². The van der Waals surface area contributed by atoms with E-state index in [0.717, 1.165) is 51.0 Å². The fourth-order valence-electron chi connectivity index (χ4n) is 6.21. The Morgan fingerprint density at radius 2 is 1.21 bits per heavy atom. The molecule has 1 saturated heterocycles. The van der Waals surface area contributed by atoms with Gasteiger partial charge in [0.1, 0.15) is 5.60 Å². The maximum absolute atomic E-state index is 12.0. The van der Waals surface area contributed by atoms with Crippen molar-refractivity contribution < 1.29 is 42.9 Å². The third-order valence-corrected chi connectivity index (χ3v) is 11.0. The molecule has 2 bridgehead atoms. The van der Waals surface area contributed by atoms with Crippen LogP contribution in [0.2, 0.25) is 0 Å². The van der Waals surface area contributed by atoms with E-state index in [1.165, 1.54) is 39.2 Å². The highest BCUT2D eigenvalue weighted by molar-refractivity contribution is 5.77. The molecule has 4 fully saturated rings. The van der Waals surface area contributed by atoms with Gasteiger partial charge in [0.2, 0.25) is 0 Å². The molecule has 4 rings (SSSR count). The average molecular weight is 685 g/mol. The molecule has 0 N–H and O–H groups in total. The van der Waals surface area contributed by atoms with Crippen molar-refractivity contribution in [2.24, 2.45) is 39.9 Å². The van der Waals surface area contributed by atoms with Gasteiger partial charge in [0, 0.05) is 20.1 Å². The van der Waals surface area contributed by atoms with Gasteiger partial charge in [0.25, 0.3) is 0 Å². The monoisotopic (exact) mass is 685 g/mol. The fraction of sp³-hybridized carbons (Fsp3) is 0.897. The van der Waals surface area contributed by atoms with Crippen LogP contribution in [0, 0.1) is 39.9 Å². The molecular formula is C39H72O9. The van der Waals surface area contributed by atoms with Crippen LogP contribution in [-0.4, -0.2) is 64.0 Å². The fourth-order valence-corrected chi connectivity index (χ4v) is 6.21. The highest BCUT2D eigenvalue weighted by Crippen LogP contribution is 2.54. The molecule has 282 valence electrons. The second kappa shape index (κ2) is 21.1. The largest absolute Gasteiger partial charge is 0.469 e. The van der Waals surface area contributed by atoms with Gasteiger partial charge < -0.3 is 23.7 Å². The molecular weight excluding hydrogens is 612 g/mol. The molecule has 4 unspecified atom stereocenters. The number of hydrogen-bond acceptors (Lipinski definition) is 9. The SMILES string of the molecule is CCC(C)(C)C(=O)OC.CCC1(OC(=O)C(C)(C)CC)CCCC1.CCOC(=O)C(C)(C)CC.COC.O=C1OCC2C3CCC(C3)C12. The first-order chi connectivity index (χ1) is 22.3. The van der Waals surface area contributed by atoms with Crippen molar-refractivity contribution in [1.82, 2.24) is 0 Å². The molecule has 0 aromatic rings. The predicted octanol–water partition coefficient (Wildman–Crippen LogP) is 8.74. The van der Waals surface area contributed by atoms with Crippen LogP contribution in [0.4, 0.5) is 0 Å². The minimum Gasteiger partial charge on any atom is -0.469 e. The zero-order valence-electron chi connectivity index (χ0n) is 33.2. The Balaban J connectivity index is 0.000000607. The first-order valence-electron chi connectivity index (χ1n) is 18.4. The van der Waals surface area contributed by atoms with Crippen molar-refractivity contribution in [3.63, 3.8) is 0 Å². The van der Waals surface area contributed by atoms with Crippen LogP contribution in [0.25, 0.3) is 0 Å². The smallest absolute Gasteiger partial charge is 0.312 e. The van der Waals surface area contributed by atoms with E-state index < -0.39 is 0 Å². The molecule has 3 saturated carbocycles. The van der Waals surface area contributed by atoms with E-state index in [1.807, 2.05) is 69.2 Å². The van der Waals surface area contributed by atoms with Gasteiger partial charge in [-0.3, -0.25) is 19.2 Å². The summed E-state index contributed by atoms with van der Waals surface area (Å²) < 4.78 is 24.5. The molecule has 0 radical (unpaired) electrons. The van der Waals surface area contributed by atoms with Gasteiger partial charge in [-0.05, 0) is 131 Å². The summed E-state index contributed by atoms with van der Waals surface area (Å²) in [6.45, 7) is 22.6. The third kappa shape index (κ3) is 13.6. The van der Waals surface area contributed by atoms with Crippen molar-refractivity contribution >= 4 is 23.9 Å². The zero-order valence-corrected chi connectivity index (χ0v) is 33.2. The molecule has 48 heavy (non-hydrogen) atoms. The Morgan fingerprint density at radius 3 is 1.60 bits per heavy atom. The van der Waals surface area contributed by atoms with Crippen LogP contribution in [0.1, 0.15) is 147 Å². The van der Waals surface area contributed by atoms with Gasteiger partial charge in [-0.1, -0.05) is 27.7 Å². The minimum atomic E-state index is -0.329. The first-order valence-corrected chi connectivity index (χ1v) is 18.4. The second-order valence-corrected chi connectivity index (χ2v) is 15.6. The summed E-state index contributed by atoms with van der Waals surface area (Å²) in [5.74, 6) is 2.30. The Kier molecular flexibility index (Phi) is 20.2. The summed E-state index contributed by atoms with van der Waals surface area (Å²) in [5.41, 5.74) is -1.08. The lowest BCUT2D eigenvalue weighted by Gasteiger charge is -2.32. The summed E-state index contributed by atoms with van der Waals surface area (Å²) in [5, 5.41) is 0. The third-order valence-electron chi connectivity index (χ3n) is 11.0. The average Bonchev–Trinajstić information content (AvgIpc) is 3.87. The van der Waals surface area contributed by atoms with Gasteiger partial charge >= 0.3 is 23.9 Å². The van der Waals surface area contributed by atoms with Gasteiger partial charge in [-0.15, -0.1) is 0 Å². The minimum absolute atomic E-state index is 0.0197. The van der Waals surface area contributed by atoms with Crippen molar-refractivity contribution in [3.8, 4) is 0 Å². The van der Waals surface area contributed by atoms with Gasteiger partial charge in [0.15, 0.2) is 0 Å². The van der Waals surface area contributed by atoms with Crippen LogP contribution in [0.5, 0.6) is 0 Å². The lowest BCUT2D eigenvalue weighted by atomic mass is 9.81. The van der Waals surface area contributed by atoms with Crippen LogP contribution >= 0.6 is 0 Å². The normalized spacial score (nSPS) is 23.2. The van der Waals surface area contributed by atoms with E-state index >= 15 is 0 Å². The lowest BCUT2D eigenvalue weighted by Crippen LogP contribution is -2.37. The number of carbonyl (C=O) groups is 4. The molecule has 1 aliphatic heterocycles. The van der Waals surface area contributed by atoms with E-state index in [0.29, 0.717) is 24.4 Å². The molecule has 9 heteroatoms. The van der Waals surface area contributed by atoms with Crippen LogP contribution < -0.4 is 0 Å². The Hall–Kier alpha value is -2.16. The predicted molar refractivity (Wildman–Crippen MR) is 190 cm³/mol. The molecule has 0 aromatic carbocycles. The maximum Gasteiger partial charge on any atom is 0.312 e. The lowest BCUT2D eigenvalue weighted by molar-refractivity contribution is -0.170. The standard InChI is InChI=1S/C13H24O2.C9H12O2.C8H16O2.C7H14O2.C2H6O/c1-5-12(3,4)11(14)15-13(6-2)9-7-8-10-13;10-9-8-6-2-1-5(3-6)7(8)4-11-9;1-5-8(3,4)7(9)10-6-2;1-5-7(2,3)6(8)9-4;1-3-2/h5-10H2,1-4H3;5-8H,1-4H2;5-6H2,1-4H3;5H2,1-4H3;1-2H3. The van der Waals surface area contributed by atoms with E-state index in [2.05, 4.69) is 16.4 Å². The highest BCUT2D eigenvalue weighted by atomic mass is 16.6. The van der Waals surface area contributed by atoms with Gasteiger partial charge in [-0.2, -0.15) is 0 Å². The summed E-state index contributed by atoms with van der Waals surface area (Å²) in [7, 11) is 4.67. The number of carbonyl (C=O) groups excluding carboxylic acids is 4. The first kappa shape index (κ1) is 45.8. The molecule has 1 heterocycles. The number of methoxy groups -OCH3 is 2. The van der Waals surface area contributed by atoms with Crippen molar-refractivity contribution in [1.29, 1.82) is 0 Å². The molecule has 0 aromatic heterocycles. The summed E-state index contributed by atoms with van der Waals surface area (Å²) in [4.78, 5) is 45.1. The summed E-state index contributed by atoms with van der Waals surface area (Å²) >= 11 is 0. The highest BCUT2D eigenvalue weighted by Gasteiger charge is 2.55. The van der Waals surface area contributed by atoms with Gasteiger partial charge in [0.05, 0.1) is 42.5 Å². The van der Waals surface area contributed by atoms with Gasteiger partial charge in [-0.25, -0.2) is 0 Å². The number of cyclic esters (lactones) is 1. The van der Waals surface area contributed by atoms with E-state index in [1.54, 1.807) is 14.2 Å². The topological polar surface area (TPSA) is 114 Å². The Labute approximate surface area is 293 Å². The molecule has 0 amide bonds. The zero-order chi connectivity index (χ0) is 37.3. The molecule has 9 nitrogen and oxygen atoms in total. The quantitative estimate of drug-likeness (QED) is 0.174. The molecule has 4 aliphatic rings. The number of ether oxygens (including phenoxy) is 5. The molecule has 4 atom stereocenters. The number of rotatable bonds is 9. The number of fused-ring (bicyclic) bond motifs is 5. The maximum atomic E-state index is 12.0. The Morgan fingerprint density at radius 1 is 0.750 bits per heavy atom. The summed E-state index contributed by atoms with van der Waals surface area (Å²) in [6, 6.07) is 0. The second-order valence-electron chi connectivity index (χ2n) is 15.6. The molecule has 0 spiro atoms. The summed E-state index contributed by atoms with van der Waals surface area (Å²) in [6.07, 6.45) is 11.9. The van der Waals surface area contributed by atoms with Crippen molar-refractivity contribution in [2.45, 2.75) is 152 Å².